The van der Waals surface area contributed by atoms with E-state index in [1.54, 1.807) is 0 Å². The summed E-state index contributed by atoms with van der Waals surface area (Å²) < 4.78 is 5.32. The lowest BCUT2D eigenvalue weighted by Gasteiger charge is -2.28. The summed E-state index contributed by atoms with van der Waals surface area (Å²) in [5.74, 6) is 0.770. The molecule has 0 N–H and O–H groups in total. The van der Waals surface area contributed by atoms with Crippen LogP contribution in [0.1, 0.15) is 10.4 Å². The smallest absolute Gasteiger partial charge is 0.153 e. The zero-order valence-electron chi connectivity index (χ0n) is 10.0. The first-order chi connectivity index (χ1) is 8.88. The molecule has 1 fully saturated rings. The Kier molecular flexibility index (Phi) is 2.94. The van der Waals surface area contributed by atoms with Gasteiger partial charge < -0.3 is 9.64 Å². The maximum absolute atomic E-state index is 11.2. The number of pyridine rings is 1. The molecular formula is C14H14N2O2. The molecule has 2 aromatic rings. The predicted octanol–water partition coefficient (Wildman–Crippen LogP) is 1.88. The van der Waals surface area contributed by atoms with Gasteiger partial charge in [0.25, 0.3) is 0 Å². The Labute approximate surface area is 105 Å². The van der Waals surface area contributed by atoms with Crippen LogP contribution in [0.15, 0.2) is 30.3 Å². The van der Waals surface area contributed by atoms with Gasteiger partial charge in [-0.3, -0.25) is 4.79 Å². The molecule has 1 aromatic heterocycles. The van der Waals surface area contributed by atoms with Crippen molar-refractivity contribution >= 4 is 23.0 Å². The summed E-state index contributed by atoms with van der Waals surface area (Å²) in [5.41, 5.74) is 1.57. The standard InChI is InChI=1S/C14H14N2O2/c17-10-12-9-11-3-1-2-4-13(11)15-14(12)16-5-7-18-8-6-16/h1-4,9-10H,5-8H2. The fraction of sp³-hybridized carbons (Fsp3) is 0.286. The van der Waals surface area contributed by atoms with E-state index in [2.05, 4.69) is 9.88 Å². The number of fused-ring (bicyclic) bond motifs is 1. The van der Waals surface area contributed by atoms with Crippen LogP contribution in [0, 0.1) is 0 Å². The SMILES string of the molecule is O=Cc1cc2ccccc2nc1N1CCOCC1. The molecule has 0 atom stereocenters. The van der Waals surface area contributed by atoms with Gasteiger partial charge in [-0.15, -0.1) is 0 Å². The first kappa shape index (κ1) is 11.2. The van der Waals surface area contributed by atoms with Gasteiger partial charge in [0.2, 0.25) is 0 Å². The highest BCUT2D eigenvalue weighted by Gasteiger charge is 2.16. The number of carbonyl (C=O) groups is 1. The number of nitrogens with zero attached hydrogens (tertiary/aromatic N) is 2. The summed E-state index contributed by atoms with van der Waals surface area (Å²) in [6.07, 6.45) is 0.879. The minimum Gasteiger partial charge on any atom is -0.378 e. The van der Waals surface area contributed by atoms with E-state index in [4.69, 9.17) is 4.74 Å². The van der Waals surface area contributed by atoms with E-state index >= 15 is 0 Å². The second kappa shape index (κ2) is 4.74. The summed E-state index contributed by atoms with van der Waals surface area (Å²) >= 11 is 0. The number of anilines is 1. The van der Waals surface area contributed by atoms with Crippen molar-refractivity contribution in [2.24, 2.45) is 0 Å². The van der Waals surface area contributed by atoms with E-state index in [0.717, 1.165) is 36.1 Å². The highest BCUT2D eigenvalue weighted by molar-refractivity contribution is 5.91. The Balaban J connectivity index is 2.10. The Bertz CT molecular complexity index is 577. The molecular weight excluding hydrogens is 228 g/mol. The van der Waals surface area contributed by atoms with Crippen molar-refractivity contribution in [2.45, 2.75) is 0 Å². The van der Waals surface area contributed by atoms with Gasteiger partial charge in [0, 0.05) is 18.5 Å². The second-order valence-electron chi connectivity index (χ2n) is 4.31. The van der Waals surface area contributed by atoms with E-state index in [1.807, 2.05) is 30.3 Å². The number of benzene rings is 1. The Hall–Kier alpha value is -1.94. The molecule has 1 aliphatic heterocycles. The maximum atomic E-state index is 11.2. The lowest BCUT2D eigenvalue weighted by molar-refractivity contribution is 0.111. The van der Waals surface area contributed by atoms with E-state index in [9.17, 15) is 4.79 Å². The minimum absolute atomic E-state index is 0.649. The molecule has 0 bridgehead atoms. The van der Waals surface area contributed by atoms with Crippen LogP contribution in [-0.4, -0.2) is 37.6 Å². The number of aldehydes is 1. The summed E-state index contributed by atoms with van der Waals surface area (Å²) in [6.45, 7) is 2.94. The number of rotatable bonds is 2. The van der Waals surface area contributed by atoms with E-state index in [1.165, 1.54) is 0 Å². The van der Waals surface area contributed by atoms with Crippen molar-refractivity contribution in [1.82, 2.24) is 4.98 Å². The van der Waals surface area contributed by atoms with Gasteiger partial charge >= 0.3 is 0 Å². The third kappa shape index (κ3) is 1.95. The fourth-order valence-electron chi connectivity index (χ4n) is 2.24. The Morgan fingerprint density at radius 3 is 2.78 bits per heavy atom. The van der Waals surface area contributed by atoms with Gasteiger partial charge in [-0.1, -0.05) is 18.2 Å². The van der Waals surface area contributed by atoms with Gasteiger partial charge in [-0.2, -0.15) is 0 Å². The molecule has 4 nitrogen and oxygen atoms in total. The number of morpholine rings is 1. The fourth-order valence-corrected chi connectivity index (χ4v) is 2.24. The van der Waals surface area contributed by atoms with Crippen LogP contribution in [0.2, 0.25) is 0 Å². The molecule has 0 aliphatic carbocycles. The molecule has 0 unspecified atom stereocenters. The highest BCUT2D eigenvalue weighted by atomic mass is 16.5. The summed E-state index contributed by atoms with van der Waals surface area (Å²) in [7, 11) is 0. The molecule has 18 heavy (non-hydrogen) atoms. The van der Waals surface area contributed by atoms with Crippen LogP contribution in [0.5, 0.6) is 0 Å². The second-order valence-corrected chi connectivity index (χ2v) is 4.31. The van der Waals surface area contributed by atoms with Gasteiger partial charge in [0.05, 0.1) is 24.3 Å². The maximum Gasteiger partial charge on any atom is 0.153 e. The van der Waals surface area contributed by atoms with Crippen LogP contribution < -0.4 is 4.90 Å². The summed E-state index contributed by atoms with van der Waals surface area (Å²) in [6, 6.07) is 9.75. The number of carbonyl (C=O) groups excluding carboxylic acids is 1. The molecule has 92 valence electrons. The first-order valence-corrected chi connectivity index (χ1v) is 6.06. The molecule has 2 heterocycles. The van der Waals surface area contributed by atoms with E-state index in [0.29, 0.717) is 18.8 Å². The van der Waals surface area contributed by atoms with Crippen LogP contribution >= 0.6 is 0 Å². The Morgan fingerprint density at radius 1 is 1.22 bits per heavy atom. The average molecular weight is 242 g/mol. The van der Waals surface area contributed by atoms with Crippen LogP contribution in [-0.2, 0) is 4.74 Å². The lowest BCUT2D eigenvalue weighted by atomic mass is 10.1. The molecule has 1 aliphatic rings. The quantitative estimate of drug-likeness (QED) is 0.754. The molecule has 0 spiro atoms. The van der Waals surface area contributed by atoms with Crippen molar-refractivity contribution in [3.63, 3.8) is 0 Å². The van der Waals surface area contributed by atoms with Crippen molar-refractivity contribution in [3.8, 4) is 0 Å². The van der Waals surface area contributed by atoms with E-state index < -0.39 is 0 Å². The molecule has 1 aromatic carbocycles. The monoisotopic (exact) mass is 242 g/mol. The van der Waals surface area contributed by atoms with Crippen molar-refractivity contribution in [2.75, 3.05) is 31.2 Å². The largest absolute Gasteiger partial charge is 0.378 e. The van der Waals surface area contributed by atoms with Crippen LogP contribution in [0.25, 0.3) is 10.9 Å². The predicted molar refractivity (Wildman–Crippen MR) is 70.2 cm³/mol. The van der Waals surface area contributed by atoms with Crippen molar-refractivity contribution in [3.05, 3.63) is 35.9 Å². The molecule has 4 heteroatoms. The third-order valence-electron chi connectivity index (χ3n) is 3.17. The highest BCUT2D eigenvalue weighted by Crippen LogP contribution is 2.23. The van der Waals surface area contributed by atoms with E-state index in [-0.39, 0.29) is 0 Å². The van der Waals surface area contributed by atoms with Gasteiger partial charge in [0.1, 0.15) is 5.82 Å². The Morgan fingerprint density at radius 2 is 2.00 bits per heavy atom. The third-order valence-corrected chi connectivity index (χ3v) is 3.17. The van der Waals surface area contributed by atoms with Gasteiger partial charge in [0.15, 0.2) is 6.29 Å². The zero-order valence-corrected chi connectivity index (χ0v) is 10.0. The summed E-state index contributed by atoms with van der Waals surface area (Å²) in [4.78, 5) is 17.9. The molecule has 0 saturated carbocycles. The van der Waals surface area contributed by atoms with Crippen LogP contribution in [0.3, 0.4) is 0 Å². The number of hydrogen-bond donors (Lipinski definition) is 0. The molecule has 0 amide bonds. The zero-order chi connectivity index (χ0) is 12.4. The number of aromatic nitrogens is 1. The minimum atomic E-state index is 0.649. The first-order valence-electron chi connectivity index (χ1n) is 6.06. The number of ether oxygens (including phenoxy) is 1. The molecule has 1 saturated heterocycles. The summed E-state index contributed by atoms with van der Waals surface area (Å²) in [5, 5.41) is 0.997. The average Bonchev–Trinajstić information content (AvgIpc) is 2.46. The number of hydrogen-bond acceptors (Lipinski definition) is 4. The van der Waals surface area contributed by atoms with Gasteiger partial charge in [-0.05, 0) is 12.1 Å². The normalized spacial score (nSPS) is 15.9. The lowest BCUT2D eigenvalue weighted by Crippen LogP contribution is -2.37. The number of para-hydroxylation sites is 1. The van der Waals surface area contributed by atoms with Gasteiger partial charge in [-0.25, -0.2) is 4.98 Å². The van der Waals surface area contributed by atoms with Crippen molar-refractivity contribution in [1.29, 1.82) is 0 Å². The molecule has 3 rings (SSSR count). The van der Waals surface area contributed by atoms with Crippen molar-refractivity contribution < 1.29 is 9.53 Å². The molecule has 0 radical (unpaired) electrons. The topological polar surface area (TPSA) is 42.4 Å². The van der Waals surface area contributed by atoms with Crippen LogP contribution in [0.4, 0.5) is 5.82 Å².